The molecule has 1 rings (SSSR count). The molecule has 1 aliphatic rings. The molecule has 0 spiro atoms. The SMILES string of the molecule is CCC(CC)C[O][SnH]1[CH2]CC[O][SnH2]1. The van der Waals surface area contributed by atoms with Gasteiger partial charge in [0.25, 0.3) is 0 Å². The maximum atomic E-state index is 6.11. The van der Waals surface area contributed by atoms with Crippen molar-refractivity contribution in [2.75, 3.05) is 13.2 Å². The second kappa shape index (κ2) is 7.76. The van der Waals surface area contributed by atoms with Gasteiger partial charge in [0, 0.05) is 0 Å². The normalized spacial score (nSPS) is 25.6. The van der Waals surface area contributed by atoms with Gasteiger partial charge in [0.2, 0.25) is 0 Å². The quantitative estimate of drug-likeness (QED) is 0.646. The summed E-state index contributed by atoms with van der Waals surface area (Å²) in [6.07, 6.45) is 3.87. The van der Waals surface area contributed by atoms with E-state index in [1.165, 1.54) is 23.7 Å². The van der Waals surface area contributed by atoms with Crippen LogP contribution < -0.4 is 0 Å². The van der Waals surface area contributed by atoms with Gasteiger partial charge in [-0.05, 0) is 0 Å². The van der Waals surface area contributed by atoms with E-state index in [0.29, 0.717) is 0 Å². The Morgan fingerprint density at radius 1 is 1.46 bits per heavy atom. The first-order valence-corrected chi connectivity index (χ1v) is 28.8. The molecule has 1 fully saturated rings. The summed E-state index contributed by atoms with van der Waals surface area (Å²) >= 11 is -2.13. The molecule has 1 saturated heterocycles. The van der Waals surface area contributed by atoms with Crippen molar-refractivity contribution < 1.29 is 6.15 Å². The molecular formula is C9H22O2Sn2. The van der Waals surface area contributed by atoms with Gasteiger partial charge in [-0.1, -0.05) is 0 Å². The molecule has 0 N–H and O–H groups in total. The number of hydrogen-bond acceptors (Lipinski definition) is 2. The van der Waals surface area contributed by atoms with E-state index >= 15 is 0 Å². The summed E-state index contributed by atoms with van der Waals surface area (Å²) in [6.45, 7) is 6.67. The number of hydrogen-bond donors (Lipinski definition) is 0. The summed E-state index contributed by atoms with van der Waals surface area (Å²) in [7, 11) is 0. The van der Waals surface area contributed by atoms with Crippen molar-refractivity contribution in [1.29, 1.82) is 0 Å². The summed E-state index contributed by atoms with van der Waals surface area (Å²) in [5, 5.41) is 0. The molecule has 0 aromatic carbocycles. The van der Waals surface area contributed by atoms with E-state index in [1.54, 1.807) is 0 Å². The summed E-state index contributed by atoms with van der Waals surface area (Å²) in [4.78, 5) is 0. The Balaban J connectivity index is 2.09. The van der Waals surface area contributed by atoms with Crippen LogP contribution in [0.25, 0.3) is 0 Å². The predicted molar refractivity (Wildman–Crippen MR) is 61.1 cm³/mol. The van der Waals surface area contributed by atoms with Crippen molar-refractivity contribution in [3.8, 4) is 0 Å². The minimum absolute atomic E-state index is 0.744. The first kappa shape index (κ1) is 12.6. The third-order valence-electron chi connectivity index (χ3n) is 2.84. The third-order valence-corrected chi connectivity index (χ3v) is 34.3. The molecule has 0 bridgehead atoms. The molecule has 1 unspecified atom stereocenters. The molecular weight excluding hydrogens is 378 g/mol. The Kier molecular flexibility index (Phi) is 7.52. The molecule has 78 valence electrons. The molecule has 4 heteroatoms. The van der Waals surface area contributed by atoms with E-state index < -0.39 is 33.8 Å². The molecule has 1 atom stereocenters. The Morgan fingerprint density at radius 3 is 2.77 bits per heavy atom. The summed E-state index contributed by atoms with van der Waals surface area (Å²) in [6, 6.07) is 0. The van der Waals surface area contributed by atoms with Gasteiger partial charge in [-0.25, -0.2) is 0 Å². The predicted octanol–water partition coefficient (Wildman–Crippen LogP) is 1.16. The van der Waals surface area contributed by atoms with E-state index in [4.69, 9.17) is 6.15 Å². The summed E-state index contributed by atoms with van der Waals surface area (Å²) in [5.41, 5.74) is 0. The first-order chi connectivity index (χ1) is 6.36. The molecule has 2 nitrogen and oxygen atoms in total. The van der Waals surface area contributed by atoms with Crippen LogP contribution in [0.1, 0.15) is 33.1 Å². The van der Waals surface area contributed by atoms with E-state index in [0.717, 1.165) is 19.1 Å². The van der Waals surface area contributed by atoms with Crippen molar-refractivity contribution in [3.05, 3.63) is 0 Å². The van der Waals surface area contributed by atoms with Crippen molar-refractivity contribution in [1.82, 2.24) is 0 Å². The first-order valence-electron chi connectivity index (χ1n) is 5.56. The standard InChI is InChI=1S/C6H13O.C3H6O.2Sn.3H/c1-3-6(4-2)5-7;1-2-3-4;;;;;/h6H,3-5H2,1-2H3;1-3H2;;;;;/q2*-1;2*+1;;;. The van der Waals surface area contributed by atoms with Crippen LogP contribution >= 0.6 is 0 Å². The van der Waals surface area contributed by atoms with Crippen LogP contribution in [-0.2, 0) is 6.15 Å². The monoisotopic (exact) mass is 402 g/mol. The van der Waals surface area contributed by atoms with Crippen LogP contribution in [0.3, 0.4) is 0 Å². The molecule has 13 heavy (non-hydrogen) atoms. The Morgan fingerprint density at radius 2 is 2.23 bits per heavy atom. The number of rotatable bonds is 5. The van der Waals surface area contributed by atoms with E-state index in [9.17, 15) is 0 Å². The van der Waals surface area contributed by atoms with Crippen LogP contribution in [0.2, 0.25) is 4.44 Å². The molecule has 0 aliphatic carbocycles. The molecule has 0 saturated carbocycles. The topological polar surface area (TPSA) is 18.5 Å². The van der Waals surface area contributed by atoms with Gasteiger partial charge >= 0.3 is 96.7 Å². The van der Waals surface area contributed by atoms with Gasteiger partial charge in [-0.15, -0.1) is 0 Å². The molecule has 1 heterocycles. The van der Waals surface area contributed by atoms with Gasteiger partial charge < -0.3 is 0 Å². The van der Waals surface area contributed by atoms with Gasteiger partial charge in [0.15, 0.2) is 0 Å². The fourth-order valence-corrected chi connectivity index (χ4v) is 29.4. The summed E-state index contributed by atoms with van der Waals surface area (Å²) < 4.78 is 13.2. The maximum absolute atomic E-state index is 6.11. The minimum atomic E-state index is -1.39. The van der Waals surface area contributed by atoms with Crippen molar-refractivity contribution in [2.45, 2.75) is 37.5 Å². The van der Waals surface area contributed by atoms with Gasteiger partial charge in [-0.2, -0.15) is 0 Å². The van der Waals surface area contributed by atoms with E-state index in [1.807, 2.05) is 0 Å². The van der Waals surface area contributed by atoms with Crippen LogP contribution in [0, 0.1) is 5.92 Å². The molecule has 0 aromatic rings. The zero-order valence-corrected chi connectivity index (χ0v) is 16.3. The fraction of sp³-hybridized carbons (Fsp3) is 1.00. The fourth-order valence-electron chi connectivity index (χ4n) is 1.64. The molecule has 0 amide bonds. The van der Waals surface area contributed by atoms with Crippen molar-refractivity contribution >= 4 is 33.8 Å². The summed E-state index contributed by atoms with van der Waals surface area (Å²) in [5.74, 6) is 0.824. The second-order valence-electron chi connectivity index (χ2n) is 3.86. The molecule has 1 aliphatic heterocycles. The third kappa shape index (κ3) is 5.23. The zero-order valence-electron chi connectivity index (χ0n) is 8.92. The van der Waals surface area contributed by atoms with Crippen molar-refractivity contribution in [3.63, 3.8) is 0 Å². The average Bonchev–Trinajstić information content (AvgIpc) is 2.21. The van der Waals surface area contributed by atoms with E-state index in [2.05, 4.69) is 13.8 Å². The van der Waals surface area contributed by atoms with Gasteiger partial charge in [0.1, 0.15) is 0 Å². The van der Waals surface area contributed by atoms with Crippen LogP contribution in [0.5, 0.6) is 0 Å². The van der Waals surface area contributed by atoms with E-state index in [-0.39, 0.29) is 0 Å². The zero-order chi connectivity index (χ0) is 9.52. The Hall–Kier alpha value is 1.52. The van der Waals surface area contributed by atoms with Crippen LogP contribution in [0.15, 0.2) is 0 Å². The molecule has 0 radical (unpaired) electrons. The Bertz CT molecular complexity index is 123. The van der Waals surface area contributed by atoms with Crippen LogP contribution in [0.4, 0.5) is 0 Å². The van der Waals surface area contributed by atoms with Gasteiger partial charge in [-0.3, -0.25) is 0 Å². The average molecular weight is 400 g/mol. The Labute approximate surface area is 95.9 Å². The van der Waals surface area contributed by atoms with Crippen LogP contribution in [-0.4, -0.2) is 47.0 Å². The second-order valence-corrected chi connectivity index (χ2v) is 35.9. The molecule has 0 aromatic heterocycles. The van der Waals surface area contributed by atoms with Crippen molar-refractivity contribution in [2.24, 2.45) is 5.92 Å². The van der Waals surface area contributed by atoms with Gasteiger partial charge in [0.05, 0.1) is 0 Å².